The molecule has 1 heterocycles. The summed E-state index contributed by atoms with van der Waals surface area (Å²) in [6.45, 7) is 0. The molecule has 4 fully saturated rings. The molecule has 0 aliphatic heterocycles. The Morgan fingerprint density at radius 2 is 1.81 bits per heavy atom. The van der Waals surface area contributed by atoms with Crippen LogP contribution in [0, 0.1) is 29.5 Å². The minimum Gasteiger partial charge on any atom is -0.441 e. The molecule has 1 aromatic carbocycles. The van der Waals surface area contributed by atoms with Crippen LogP contribution in [-0.4, -0.2) is 16.9 Å². The molecule has 0 spiro atoms. The van der Waals surface area contributed by atoms with Crippen LogP contribution in [-0.2, 0) is 11.2 Å². The number of hydrogen-bond donors (Lipinski definition) is 1. The van der Waals surface area contributed by atoms with Gasteiger partial charge in [-0.1, -0.05) is 12.1 Å². The topological polar surface area (TPSA) is 55.1 Å². The number of halogens is 1. The second-order valence-corrected chi connectivity index (χ2v) is 8.62. The van der Waals surface area contributed by atoms with Gasteiger partial charge in [0.15, 0.2) is 11.7 Å². The predicted molar refractivity (Wildman–Crippen MR) is 99.2 cm³/mol. The maximum absolute atomic E-state index is 13.9. The highest BCUT2D eigenvalue weighted by atomic mass is 19.1. The van der Waals surface area contributed by atoms with Crippen LogP contribution >= 0.6 is 0 Å². The van der Waals surface area contributed by atoms with Gasteiger partial charge in [-0.3, -0.25) is 4.79 Å². The van der Waals surface area contributed by atoms with Crippen LogP contribution < -0.4 is 5.32 Å². The molecule has 27 heavy (non-hydrogen) atoms. The second kappa shape index (κ2) is 6.77. The van der Waals surface area contributed by atoms with E-state index in [0.717, 1.165) is 11.8 Å². The Kier molecular flexibility index (Phi) is 4.25. The predicted octanol–water partition coefficient (Wildman–Crippen LogP) is 4.35. The van der Waals surface area contributed by atoms with Crippen molar-refractivity contribution in [2.75, 3.05) is 0 Å². The van der Waals surface area contributed by atoms with Crippen molar-refractivity contribution in [1.29, 1.82) is 0 Å². The molecule has 4 aliphatic rings. The highest BCUT2D eigenvalue weighted by Gasteiger charge is 2.48. The van der Waals surface area contributed by atoms with E-state index in [2.05, 4.69) is 10.3 Å². The van der Waals surface area contributed by atoms with E-state index in [-0.39, 0.29) is 11.7 Å². The van der Waals surface area contributed by atoms with Gasteiger partial charge in [0.1, 0.15) is 5.82 Å². The van der Waals surface area contributed by atoms with Crippen molar-refractivity contribution in [2.24, 2.45) is 23.7 Å². The first-order valence-electron chi connectivity index (χ1n) is 10.1. The molecule has 2 aromatic rings. The number of hydrogen-bond acceptors (Lipinski definition) is 3. The zero-order valence-electron chi connectivity index (χ0n) is 15.4. The quantitative estimate of drug-likeness (QED) is 0.853. The molecule has 5 heteroatoms. The highest BCUT2D eigenvalue weighted by molar-refractivity contribution is 5.76. The van der Waals surface area contributed by atoms with Crippen molar-refractivity contribution >= 4 is 5.91 Å². The number of carbonyl (C=O) groups is 1. The van der Waals surface area contributed by atoms with Crippen LogP contribution in [0.5, 0.6) is 0 Å². The summed E-state index contributed by atoms with van der Waals surface area (Å²) >= 11 is 0. The Hall–Kier alpha value is -2.17. The molecule has 0 unspecified atom stereocenters. The molecule has 4 bridgehead atoms. The monoisotopic (exact) mass is 368 g/mol. The summed E-state index contributed by atoms with van der Waals surface area (Å²) in [5.74, 6) is 3.81. The molecular weight excluding hydrogens is 343 g/mol. The van der Waals surface area contributed by atoms with Crippen molar-refractivity contribution in [3.05, 3.63) is 42.2 Å². The zero-order valence-corrected chi connectivity index (χ0v) is 15.4. The van der Waals surface area contributed by atoms with Gasteiger partial charge in [0.25, 0.3) is 0 Å². The molecule has 4 nitrogen and oxygen atoms in total. The third-order valence-corrected chi connectivity index (χ3v) is 6.81. The Labute approximate surface area is 158 Å². The van der Waals surface area contributed by atoms with Crippen molar-refractivity contribution < 1.29 is 13.6 Å². The van der Waals surface area contributed by atoms with Crippen molar-refractivity contribution in [1.82, 2.24) is 10.3 Å². The summed E-state index contributed by atoms with van der Waals surface area (Å²) in [4.78, 5) is 16.7. The Bertz CT molecular complexity index is 818. The standard InChI is InChI=1S/C22H25FN2O2/c23-18-4-2-1-3-17(18)19-12-24-21(27-19)6-5-20(26)25-22-15-8-13-7-14(10-15)11-16(22)9-13/h1-4,12-16,22H,5-11H2,(H,25,26). The molecule has 1 amide bonds. The van der Waals surface area contributed by atoms with Gasteiger partial charge in [-0.2, -0.15) is 0 Å². The van der Waals surface area contributed by atoms with Gasteiger partial charge in [-0.15, -0.1) is 0 Å². The Morgan fingerprint density at radius 3 is 2.52 bits per heavy atom. The summed E-state index contributed by atoms with van der Waals surface area (Å²) < 4.78 is 19.5. The van der Waals surface area contributed by atoms with Gasteiger partial charge in [-0.05, 0) is 67.9 Å². The number of nitrogens with one attached hydrogen (secondary N) is 1. The van der Waals surface area contributed by atoms with E-state index >= 15 is 0 Å². The number of amides is 1. The van der Waals surface area contributed by atoms with E-state index in [4.69, 9.17) is 4.42 Å². The molecule has 0 radical (unpaired) electrons. The third kappa shape index (κ3) is 3.28. The lowest BCUT2D eigenvalue weighted by Gasteiger charge is -2.54. The van der Waals surface area contributed by atoms with Gasteiger partial charge >= 0.3 is 0 Å². The molecule has 4 aliphatic carbocycles. The van der Waals surface area contributed by atoms with Crippen molar-refractivity contribution in [3.63, 3.8) is 0 Å². The first-order chi connectivity index (χ1) is 13.2. The summed E-state index contributed by atoms with van der Waals surface area (Å²) in [6, 6.07) is 6.84. The lowest BCUT2D eigenvalue weighted by atomic mass is 9.54. The van der Waals surface area contributed by atoms with E-state index in [0.29, 0.717) is 47.9 Å². The van der Waals surface area contributed by atoms with Crippen LogP contribution in [0.1, 0.15) is 44.4 Å². The fourth-order valence-corrected chi connectivity index (χ4v) is 5.85. The number of aryl methyl sites for hydroxylation is 1. The van der Waals surface area contributed by atoms with Crippen LogP contribution in [0.4, 0.5) is 4.39 Å². The fourth-order valence-electron chi connectivity index (χ4n) is 5.85. The fraction of sp³-hybridized carbons (Fsp3) is 0.545. The highest BCUT2D eigenvalue weighted by Crippen LogP contribution is 2.53. The summed E-state index contributed by atoms with van der Waals surface area (Å²) in [5, 5.41) is 3.31. The van der Waals surface area contributed by atoms with Crippen LogP contribution in [0.3, 0.4) is 0 Å². The summed E-state index contributed by atoms with van der Waals surface area (Å²) in [5.41, 5.74) is 0.397. The van der Waals surface area contributed by atoms with Gasteiger partial charge in [0.05, 0.1) is 11.8 Å². The minimum absolute atomic E-state index is 0.0816. The largest absolute Gasteiger partial charge is 0.441 e. The molecule has 0 saturated heterocycles. The summed E-state index contributed by atoms with van der Waals surface area (Å²) in [7, 11) is 0. The van der Waals surface area contributed by atoms with E-state index in [1.54, 1.807) is 18.2 Å². The molecule has 4 saturated carbocycles. The lowest BCUT2D eigenvalue weighted by molar-refractivity contribution is -0.125. The summed E-state index contributed by atoms with van der Waals surface area (Å²) in [6.07, 6.45) is 8.93. The molecule has 1 aromatic heterocycles. The average molecular weight is 368 g/mol. The first kappa shape index (κ1) is 17.0. The van der Waals surface area contributed by atoms with Gasteiger partial charge < -0.3 is 9.73 Å². The van der Waals surface area contributed by atoms with E-state index < -0.39 is 0 Å². The van der Waals surface area contributed by atoms with E-state index in [1.165, 1.54) is 44.4 Å². The van der Waals surface area contributed by atoms with Crippen molar-refractivity contribution in [2.45, 2.75) is 51.0 Å². The number of nitrogens with zero attached hydrogens (tertiary/aromatic N) is 1. The van der Waals surface area contributed by atoms with Gasteiger partial charge in [0, 0.05) is 18.9 Å². The molecule has 0 atom stereocenters. The minimum atomic E-state index is -0.333. The Balaban J connectivity index is 1.18. The SMILES string of the molecule is O=C(CCc1ncc(-c2ccccc2F)o1)NC1C2CC3CC(C2)CC1C3. The van der Waals surface area contributed by atoms with Crippen LogP contribution in [0.2, 0.25) is 0 Å². The third-order valence-electron chi connectivity index (χ3n) is 6.81. The van der Waals surface area contributed by atoms with E-state index in [1.807, 2.05) is 0 Å². The molecular formula is C22H25FN2O2. The van der Waals surface area contributed by atoms with E-state index in [9.17, 15) is 9.18 Å². The number of carbonyl (C=O) groups excluding carboxylic acids is 1. The van der Waals surface area contributed by atoms with Crippen LogP contribution in [0.25, 0.3) is 11.3 Å². The van der Waals surface area contributed by atoms with Crippen LogP contribution in [0.15, 0.2) is 34.9 Å². The maximum atomic E-state index is 13.9. The maximum Gasteiger partial charge on any atom is 0.220 e. The lowest BCUT2D eigenvalue weighted by Crippen LogP contribution is -2.55. The zero-order chi connectivity index (χ0) is 18.4. The molecule has 142 valence electrons. The molecule has 1 N–H and O–H groups in total. The van der Waals surface area contributed by atoms with Gasteiger partial charge in [0.2, 0.25) is 5.91 Å². The van der Waals surface area contributed by atoms with Crippen molar-refractivity contribution in [3.8, 4) is 11.3 Å². The number of oxazole rings is 1. The second-order valence-electron chi connectivity index (χ2n) is 8.62. The number of benzene rings is 1. The average Bonchev–Trinajstić information content (AvgIpc) is 3.11. The number of aromatic nitrogens is 1. The van der Waals surface area contributed by atoms with Gasteiger partial charge in [-0.25, -0.2) is 9.37 Å². The first-order valence-corrected chi connectivity index (χ1v) is 10.1. The molecule has 6 rings (SSSR count). The smallest absolute Gasteiger partial charge is 0.220 e. The normalized spacial score (nSPS) is 31.2. The number of rotatable bonds is 5. The Morgan fingerprint density at radius 1 is 1.11 bits per heavy atom.